The second-order valence-electron chi connectivity index (χ2n) is 8.82. The number of methoxy groups -OCH3 is 1. The van der Waals surface area contributed by atoms with E-state index in [2.05, 4.69) is 0 Å². The Morgan fingerprint density at radius 2 is 1.74 bits per heavy atom. The minimum Gasteiger partial charge on any atom is -0.497 e. The number of sulfonamides is 1. The van der Waals surface area contributed by atoms with Crippen LogP contribution in [0, 0.1) is 11.8 Å². The molecule has 0 bridgehead atoms. The predicted octanol–water partition coefficient (Wildman–Crippen LogP) is 3.83. The smallest absolute Gasteiger partial charge is 0.338 e. The van der Waals surface area contributed by atoms with Crippen LogP contribution in [0.5, 0.6) is 5.75 Å². The van der Waals surface area contributed by atoms with Crippen molar-refractivity contribution in [1.29, 1.82) is 0 Å². The Morgan fingerprint density at radius 3 is 2.38 bits per heavy atom. The highest BCUT2D eigenvalue weighted by Crippen LogP contribution is 2.27. The van der Waals surface area contributed by atoms with E-state index in [4.69, 9.17) is 13.9 Å². The Hall–Kier alpha value is -3.17. The number of fused-ring (bicyclic) bond motifs is 1. The van der Waals surface area contributed by atoms with Crippen molar-refractivity contribution >= 4 is 27.0 Å². The number of nitrogens with zero attached hydrogens (tertiary/aromatic N) is 1. The van der Waals surface area contributed by atoms with Gasteiger partial charge in [-0.15, -0.1) is 0 Å². The summed E-state index contributed by atoms with van der Waals surface area (Å²) in [5, 5.41) is 0.625. The molecule has 0 amide bonds. The van der Waals surface area contributed by atoms with Crippen LogP contribution in [0.3, 0.4) is 0 Å². The van der Waals surface area contributed by atoms with Crippen molar-refractivity contribution in [3.63, 3.8) is 0 Å². The molecule has 3 aromatic rings. The van der Waals surface area contributed by atoms with Gasteiger partial charge in [-0.25, -0.2) is 18.0 Å². The molecule has 1 aliphatic rings. The maximum absolute atomic E-state index is 13.0. The van der Waals surface area contributed by atoms with Crippen LogP contribution in [-0.2, 0) is 21.4 Å². The third-order valence-electron chi connectivity index (χ3n) is 5.96. The molecule has 1 aliphatic heterocycles. The molecule has 1 aromatic heterocycles. The van der Waals surface area contributed by atoms with Gasteiger partial charge in [0.15, 0.2) is 0 Å². The van der Waals surface area contributed by atoms with Crippen molar-refractivity contribution in [1.82, 2.24) is 4.31 Å². The van der Waals surface area contributed by atoms with Crippen molar-refractivity contribution in [3.05, 3.63) is 70.1 Å². The molecule has 0 saturated carbocycles. The van der Waals surface area contributed by atoms with E-state index in [1.165, 1.54) is 41.7 Å². The molecule has 2 heterocycles. The summed E-state index contributed by atoms with van der Waals surface area (Å²) in [5.41, 5.74) is 0.472. The molecule has 0 spiro atoms. The first-order chi connectivity index (χ1) is 16.2. The zero-order valence-electron chi connectivity index (χ0n) is 19.3. The van der Waals surface area contributed by atoms with Crippen LogP contribution in [-0.4, -0.2) is 38.9 Å². The molecule has 2 aromatic carbocycles. The predicted molar refractivity (Wildman–Crippen MR) is 126 cm³/mol. The number of benzene rings is 2. The van der Waals surface area contributed by atoms with E-state index in [1.807, 2.05) is 13.8 Å². The van der Waals surface area contributed by atoms with Gasteiger partial charge < -0.3 is 13.9 Å². The van der Waals surface area contributed by atoms with E-state index in [0.717, 1.165) is 6.42 Å². The highest BCUT2D eigenvalue weighted by Gasteiger charge is 2.31. The van der Waals surface area contributed by atoms with Crippen molar-refractivity contribution in [2.24, 2.45) is 11.8 Å². The van der Waals surface area contributed by atoms with Gasteiger partial charge in [-0.3, -0.25) is 0 Å². The summed E-state index contributed by atoms with van der Waals surface area (Å²) in [7, 11) is -2.13. The first-order valence-corrected chi connectivity index (χ1v) is 12.5. The lowest BCUT2D eigenvalue weighted by molar-refractivity contribution is 0.0473. The van der Waals surface area contributed by atoms with Gasteiger partial charge in [0.25, 0.3) is 0 Å². The monoisotopic (exact) mass is 485 g/mol. The van der Waals surface area contributed by atoms with Crippen LogP contribution in [0.2, 0.25) is 0 Å². The van der Waals surface area contributed by atoms with Crippen LogP contribution in [0.1, 0.15) is 36.2 Å². The molecule has 1 saturated heterocycles. The fourth-order valence-electron chi connectivity index (χ4n) is 4.40. The number of hydrogen-bond acceptors (Lipinski definition) is 7. The zero-order valence-corrected chi connectivity index (χ0v) is 20.1. The van der Waals surface area contributed by atoms with Gasteiger partial charge in [0.1, 0.15) is 17.9 Å². The fraction of sp³-hybridized carbons (Fsp3) is 0.360. The number of carbonyl (C=O) groups excluding carboxylic acids is 1. The average Bonchev–Trinajstić information content (AvgIpc) is 2.81. The Morgan fingerprint density at radius 1 is 1.06 bits per heavy atom. The van der Waals surface area contributed by atoms with Gasteiger partial charge in [0, 0.05) is 36.2 Å². The highest BCUT2D eigenvalue weighted by molar-refractivity contribution is 7.89. The molecular weight excluding hydrogens is 458 g/mol. The summed E-state index contributed by atoms with van der Waals surface area (Å²) < 4.78 is 43.3. The molecule has 34 heavy (non-hydrogen) atoms. The van der Waals surface area contributed by atoms with Gasteiger partial charge in [0.05, 0.1) is 17.6 Å². The Labute approximate surface area is 198 Å². The summed E-state index contributed by atoms with van der Waals surface area (Å²) in [6.07, 6.45) is 1.00. The van der Waals surface area contributed by atoms with E-state index in [9.17, 15) is 18.0 Å². The number of ether oxygens (including phenoxy) is 2. The summed E-state index contributed by atoms with van der Waals surface area (Å²) >= 11 is 0. The van der Waals surface area contributed by atoms with Crippen LogP contribution >= 0.6 is 0 Å². The highest BCUT2D eigenvalue weighted by atomic mass is 32.2. The van der Waals surface area contributed by atoms with E-state index in [1.54, 1.807) is 18.2 Å². The van der Waals surface area contributed by atoms with Crippen LogP contribution in [0.4, 0.5) is 0 Å². The van der Waals surface area contributed by atoms with E-state index in [0.29, 0.717) is 47.2 Å². The zero-order chi connectivity index (χ0) is 24.5. The van der Waals surface area contributed by atoms with E-state index < -0.39 is 21.6 Å². The topological polar surface area (TPSA) is 103 Å². The molecule has 180 valence electrons. The van der Waals surface area contributed by atoms with E-state index >= 15 is 0 Å². The molecule has 4 rings (SSSR count). The third kappa shape index (κ3) is 5.00. The number of carbonyl (C=O) groups is 1. The quantitative estimate of drug-likeness (QED) is 0.386. The molecule has 2 atom stereocenters. The number of piperidine rings is 1. The van der Waals surface area contributed by atoms with Crippen molar-refractivity contribution in [2.75, 3.05) is 20.2 Å². The summed E-state index contributed by atoms with van der Waals surface area (Å²) in [5.74, 6) is 0.503. The first kappa shape index (κ1) is 24.0. The standard InChI is InChI=1S/C25H27NO7S/c1-16-10-17(2)14-26(13-16)34(29,30)21-7-4-18(5-8-21)25(28)32-15-19-11-24(27)33-23-12-20(31-3)6-9-22(19)23/h4-9,11-12,16-17H,10,13-15H2,1-3H3. The lowest BCUT2D eigenvalue weighted by atomic mass is 9.94. The second-order valence-corrected chi connectivity index (χ2v) is 10.8. The van der Waals surface area contributed by atoms with Crippen molar-refractivity contribution in [3.8, 4) is 5.75 Å². The maximum Gasteiger partial charge on any atom is 0.338 e. The molecule has 9 heteroatoms. The number of hydrogen-bond donors (Lipinski definition) is 0. The lowest BCUT2D eigenvalue weighted by Gasteiger charge is -2.34. The average molecular weight is 486 g/mol. The van der Waals surface area contributed by atoms with E-state index in [-0.39, 0.29) is 17.1 Å². The third-order valence-corrected chi connectivity index (χ3v) is 7.81. The van der Waals surface area contributed by atoms with Crippen LogP contribution in [0.15, 0.2) is 62.6 Å². The maximum atomic E-state index is 13.0. The normalized spacial score (nSPS) is 19.1. The minimum absolute atomic E-state index is 0.142. The minimum atomic E-state index is -3.63. The molecule has 0 radical (unpaired) electrons. The van der Waals surface area contributed by atoms with Crippen molar-refractivity contribution in [2.45, 2.75) is 31.8 Å². The summed E-state index contributed by atoms with van der Waals surface area (Å²) in [6.45, 7) is 4.93. The van der Waals surface area contributed by atoms with Crippen molar-refractivity contribution < 1.29 is 27.1 Å². The Balaban J connectivity index is 1.48. The van der Waals surface area contributed by atoms with Gasteiger partial charge in [0.2, 0.25) is 10.0 Å². The first-order valence-electron chi connectivity index (χ1n) is 11.1. The van der Waals surface area contributed by atoms with Crippen LogP contribution in [0.25, 0.3) is 11.0 Å². The molecule has 2 unspecified atom stereocenters. The lowest BCUT2D eigenvalue weighted by Crippen LogP contribution is -2.42. The molecule has 0 N–H and O–H groups in total. The van der Waals surface area contributed by atoms with Crippen LogP contribution < -0.4 is 10.4 Å². The Bertz CT molecular complexity index is 1350. The van der Waals surface area contributed by atoms with Gasteiger partial charge >= 0.3 is 11.6 Å². The summed E-state index contributed by atoms with van der Waals surface area (Å²) in [6, 6.07) is 12.0. The molecule has 8 nitrogen and oxygen atoms in total. The SMILES string of the molecule is COc1ccc2c(COC(=O)c3ccc(S(=O)(=O)N4CC(C)CC(C)C4)cc3)cc(=O)oc2c1. The molecule has 1 fully saturated rings. The fourth-order valence-corrected chi connectivity index (χ4v) is 6.08. The molecule has 0 aliphatic carbocycles. The summed E-state index contributed by atoms with van der Waals surface area (Å²) in [4.78, 5) is 24.6. The number of rotatable bonds is 6. The van der Waals surface area contributed by atoms with Gasteiger partial charge in [-0.2, -0.15) is 4.31 Å². The Kier molecular flexibility index (Phi) is 6.77. The van der Waals surface area contributed by atoms with Gasteiger partial charge in [-0.1, -0.05) is 13.8 Å². The number of esters is 1. The molecular formula is C25H27NO7S. The van der Waals surface area contributed by atoms with Gasteiger partial charge in [-0.05, 0) is 54.7 Å². The largest absolute Gasteiger partial charge is 0.497 e. The second kappa shape index (κ2) is 9.60.